The standard InChI is InChI=1S/C12H21N3O4/c1-12(2,10(17)18)14-11(19)15-7-5-4-6-8(15)9(16)13-3/h8H,4-7H2,1-3H3,(H,13,16)(H,14,19)(H,17,18). The molecule has 0 aromatic carbocycles. The van der Waals surface area contributed by atoms with Gasteiger partial charge in [-0.25, -0.2) is 9.59 Å². The largest absolute Gasteiger partial charge is 0.480 e. The highest BCUT2D eigenvalue weighted by Crippen LogP contribution is 2.18. The maximum Gasteiger partial charge on any atom is 0.328 e. The van der Waals surface area contributed by atoms with Gasteiger partial charge in [-0.15, -0.1) is 0 Å². The van der Waals surface area contributed by atoms with E-state index in [0.717, 1.165) is 12.8 Å². The molecule has 0 aromatic heterocycles. The summed E-state index contributed by atoms with van der Waals surface area (Å²) in [6.07, 6.45) is 2.29. The Labute approximate surface area is 112 Å². The Morgan fingerprint density at radius 3 is 2.42 bits per heavy atom. The summed E-state index contributed by atoms with van der Waals surface area (Å²) in [4.78, 5) is 36.3. The zero-order valence-corrected chi connectivity index (χ0v) is 11.5. The first-order valence-corrected chi connectivity index (χ1v) is 6.33. The third-order valence-corrected chi connectivity index (χ3v) is 3.27. The molecule has 1 atom stereocenters. The summed E-state index contributed by atoms with van der Waals surface area (Å²) in [7, 11) is 1.52. The van der Waals surface area contributed by atoms with E-state index in [9.17, 15) is 14.4 Å². The van der Waals surface area contributed by atoms with Crippen molar-refractivity contribution in [1.29, 1.82) is 0 Å². The minimum Gasteiger partial charge on any atom is -0.480 e. The second kappa shape index (κ2) is 5.90. The molecule has 0 bridgehead atoms. The number of amides is 3. The lowest BCUT2D eigenvalue weighted by Gasteiger charge is -2.36. The lowest BCUT2D eigenvalue weighted by atomic mass is 10.0. The number of hydrogen-bond donors (Lipinski definition) is 3. The molecule has 108 valence electrons. The van der Waals surface area contributed by atoms with E-state index < -0.39 is 23.6 Å². The van der Waals surface area contributed by atoms with Crippen LogP contribution in [0.3, 0.4) is 0 Å². The van der Waals surface area contributed by atoms with E-state index in [1.54, 1.807) is 0 Å². The van der Waals surface area contributed by atoms with Gasteiger partial charge in [0, 0.05) is 13.6 Å². The fourth-order valence-corrected chi connectivity index (χ4v) is 2.01. The summed E-state index contributed by atoms with van der Waals surface area (Å²) in [5, 5.41) is 14.0. The molecule has 1 fully saturated rings. The van der Waals surface area contributed by atoms with Gasteiger partial charge >= 0.3 is 12.0 Å². The number of carbonyl (C=O) groups excluding carboxylic acids is 2. The van der Waals surface area contributed by atoms with Gasteiger partial charge in [0.25, 0.3) is 0 Å². The van der Waals surface area contributed by atoms with Gasteiger partial charge in [0.15, 0.2) is 0 Å². The number of nitrogens with zero attached hydrogens (tertiary/aromatic N) is 1. The van der Waals surface area contributed by atoms with Crippen LogP contribution in [0.5, 0.6) is 0 Å². The SMILES string of the molecule is CNC(=O)C1CCCCN1C(=O)NC(C)(C)C(=O)O. The average molecular weight is 271 g/mol. The number of nitrogens with one attached hydrogen (secondary N) is 2. The van der Waals surface area contributed by atoms with E-state index in [2.05, 4.69) is 10.6 Å². The first kappa shape index (κ1) is 15.3. The molecule has 0 saturated carbocycles. The van der Waals surface area contributed by atoms with Gasteiger partial charge in [0.05, 0.1) is 0 Å². The number of rotatable bonds is 3. The Balaban J connectivity index is 2.78. The lowest BCUT2D eigenvalue weighted by molar-refractivity contribution is -0.143. The number of piperidine rings is 1. The molecule has 0 aromatic rings. The van der Waals surface area contributed by atoms with E-state index in [0.29, 0.717) is 13.0 Å². The van der Waals surface area contributed by atoms with Gasteiger partial charge in [0.2, 0.25) is 5.91 Å². The number of hydrogen-bond acceptors (Lipinski definition) is 3. The number of likely N-dealkylation sites (N-methyl/N-ethyl adjacent to an activating group) is 1. The van der Waals surface area contributed by atoms with Gasteiger partial charge < -0.3 is 20.6 Å². The molecular formula is C12H21N3O4. The molecule has 7 heteroatoms. The first-order valence-electron chi connectivity index (χ1n) is 6.33. The Morgan fingerprint density at radius 2 is 1.89 bits per heavy atom. The molecule has 1 aliphatic rings. The number of carbonyl (C=O) groups is 3. The van der Waals surface area contributed by atoms with E-state index >= 15 is 0 Å². The molecular weight excluding hydrogens is 250 g/mol. The Kier molecular flexibility index (Phi) is 4.74. The van der Waals surface area contributed by atoms with Gasteiger partial charge in [0.1, 0.15) is 11.6 Å². The third-order valence-electron chi connectivity index (χ3n) is 3.27. The quantitative estimate of drug-likeness (QED) is 0.681. The van der Waals surface area contributed by atoms with E-state index in [-0.39, 0.29) is 5.91 Å². The summed E-state index contributed by atoms with van der Waals surface area (Å²) in [5.41, 5.74) is -1.36. The summed E-state index contributed by atoms with van der Waals surface area (Å²) in [6, 6.07) is -1.04. The van der Waals surface area contributed by atoms with Crippen molar-refractivity contribution in [1.82, 2.24) is 15.5 Å². The second-order valence-corrected chi connectivity index (χ2v) is 5.18. The van der Waals surface area contributed by atoms with Gasteiger partial charge in [-0.3, -0.25) is 4.79 Å². The Morgan fingerprint density at radius 1 is 1.26 bits per heavy atom. The molecule has 19 heavy (non-hydrogen) atoms. The number of urea groups is 1. The minimum atomic E-state index is -1.36. The molecule has 3 N–H and O–H groups in total. The third kappa shape index (κ3) is 3.59. The van der Waals surface area contributed by atoms with Crippen LogP contribution in [-0.2, 0) is 9.59 Å². The summed E-state index contributed by atoms with van der Waals surface area (Å²) in [6.45, 7) is 3.28. The van der Waals surface area contributed by atoms with Gasteiger partial charge in [-0.2, -0.15) is 0 Å². The van der Waals surface area contributed by atoms with Crippen molar-refractivity contribution in [3.63, 3.8) is 0 Å². The smallest absolute Gasteiger partial charge is 0.328 e. The normalized spacial score (nSPS) is 19.7. The fourth-order valence-electron chi connectivity index (χ4n) is 2.01. The maximum atomic E-state index is 12.1. The predicted octanol–water partition coefficient (Wildman–Crippen LogP) is 0.160. The number of aliphatic carboxylic acids is 1. The lowest BCUT2D eigenvalue weighted by Crippen LogP contribution is -2.59. The van der Waals surface area contributed by atoms with Crippen LogP contribution in [0.2, 0.25) is 0 Å². The van der Waals surface area contributed by atoms with Gasteiger partial charge in [-0.05, 0) is 33.1 Å². The zero-order valence-electron chi connectivity index (χ0n) is 11.5. The first-order chi connectivity index (χ1) is 8.79. The molecule has 0 aliphatic carbocycles. The molecule has 7 nitrogen and oxygen atoms in total. The van der Waals surface area contributed by atoms with Crippen molar-refractivity contribution in [3.8, 4) is 0 Å². The maximum absolute atomic E-state index is 12.1. The van der Waals surface area contributed by atoms with Crippen molar-refractivity contribution >= 4 is 17.9 Å². The van der Waals surface area contributed by atoms with Crippen LogP contribution in [0, 0.1) is 0 Å². The fraction of sp³-hybridized carbons (Fsp3) is 0.750. The van der Waals surface area contributed by atoms with E-state index in [4.69, 9.17) is 5.11 Å². The number of carboxylic acids is 1. The van der Waals surface area contributed by atoms with E-state index in [1.807, 2.05) is 0 Å². The van der Waals surface area contributed by atoms with Crippen LogP contribution >= 0.6 is 0 Å². The highest BCUT2D eigenvalue weighted by Gasteiger charge is 2.36. The molecule has 1 unspecified atom stereocenters. The molecule has 1 heterocycles. The predicted molar refractivity (Wildman–Crippen MR) is 68.7 cm³/mol. The number of carboxylic acid groups (broad SMARTS) is 1. The highest BCUT2D eigenvalue weighted by molar-refractivity contribution is 5.90. The van der Waals surface area contributed by atoms with Crippen molar-refractivity contribution in [3.05, 3.63) is 0 Å². The zero-order chi connectivity index (χ0) is 14.6. The molecule has 1 aliphatic heterocycles. The number of likely N-dealkylation sites (tertiary alicyclic amines) is 1. The van der Waals surface area contributed by atoms with Crippen molar-refractivity contribution in [2.24, 2.45) is 0 Å². The summed E-state index contributed by atoms with van der Waals surface area (Å²) in [5.74, 6) is -1.34. The Bertz CT molecular complexity index is 381. The second-order valence-electron chi connectivity index (χ2n) is 5.18. The van der Waals surface area contributed by atoms with Crippen LogP contribution in [0.15, 0.2) is 0 Å². The molecule has 1 rings (SSSR count). The molecule has 0 radical (unpaired) electrons. The summed E-state index contributed by atoms with van der Waals surface area (Å²) >= 11 is 0. The van der Waals surface area contributed by atoms with Crippen molar-refractivity contribution in [2.75, 3.05) is 13.6 Å². The molecule has 3 amide bonds. The molecule has 0 spiro atoms. The average Bonchev–Trinajstić information content (AvgIpc) is 2.37. The van der Waals surface area contributed by atoms with Crippen LogP contribution in [0.25, 0.3) is 0 Å². The van der Waals surface area contributed by atoms with Crippen LogP contribution in [0.4, 0.5) is 4.79 Å². The topological polar surface area (TPSA) is 98.7 Å². The molecule has 1 saturated heterocycles. The van der Waals surface area contributed by atoms with Gasteiger partial charge in [-0.1, -0.05) is 0 Å². The van der Waals surface area contributed by atoms with Crippen LogP contribution < -0.4 is 10.6 Å². The monoisotopic (exact) mass is 271 g/mol. The minimum absolute atomic E-state index is 0.219. The van der Waals surface area contributed by atoms with Crippen LogP contribution in [0.1, 0.15) is 33.1 Å². The Hall–Kier alpha value is -1.79. The summed E-state index contributed by atoms with van der Waals surface area (Å²) < 4.78 is 0. The van der Waals surface area contributed by atoms with E-state index in [1.165, 1.54) is 25.8 Å². The van der Waals surface area contributed by atoms with Crippen LogP contribution in [-0.4, -0.2) is 53.1 Å². The van der Waals surface area contributed by atoms with Crippen molar-refractivity contribution in [2.45, 2.75) is 44.7 Å². The van der Waals surface area contributed by atoms with Crippen molar-refractivity contribution < 1.29 is 19.5 Å². The highest BCUT2D eigenvalue weighted by atomic mass is 16.4.